The van der Waals surface area contributed by atoms with Gasteiger partial charge in [0.2, 0.25) is 5.91 Å². The van der Waals surface area contributed by atoms with Gasteiger partial charge in [-0.05, 0) is 37.5 Å². The number of benzene rings is 1. The number of aryl methyl sites for hydroxylation is 1. The molecule has 0 radical (unpaired) electrons. The van der Waals surface area contributed by atoms with E-state index in [0.29, 0.717) is 25.9 Å². The topological polar surface area (TPSA) is 56.7 Å². The fraction of sp³-hybridized carbons (Fsp3) is 0.529. The fourth-order valence-corrected chi connectivity index (χ4v) is 4.37. The van der Waals surface area contributed by atoms with E-state index in [9.17, 15) is 9.90 Å². The summed E-state index contributed by atoms with van der Waals surface area (Å²) in [5, 5.41) is 10.6. The van der Waals surface area contributed by atoms with E-state index in [0.717, 1.165) is 23.7 Å². The van der Waals surface area contributed by atoms with Gasteiger partial charge in [0, 0.05) is 26.2 Å². The average Bonchev–Trinajstić information content (AvgIpc) is 2.88. The second-order valence-electron chi connectivity index (χ2n) is 6.63. The summed E-state index contributed by atoms with van der Waals surface area (Å²) in [5.74, 6) is 0.323. The van der Waals surface area contributed by atoms with Crippen molar-refractivity contribution < 1.29 is 9.90 Å². The van der Waals surface area contributed by atoms with Crippen molar-refractivity contribution in [2.75, 3.05) is 31.1 Å². The number of anilines is 1. The number of nitrogens with zero attached hydrogens (tertiary/aromatic N) is 3. The molecule has 2 saturated heterocycles. The first kappa shape index (κ1) is 14.9. The molecule has 1 aromatic heterocycles. The fourth-order valence-electron chi connectivity index (χ4n) is 3.29. The molecular formula is C17H21N3O2S. The molecular weight excluding hydrogens is 310 g/mol. The Hall–Kier alpha value is -1.66. The standard InChI is InChI=1S/C17H21N3O2S/c1-11-2-3-14-15(8-11)23-17(18-14)20-9-12(10-20)16(22)19-6-4-13(21)5-7-19/h2-3,8,12-13,21H,4-7,9-10H2,1H3. The van der Waals surface area contributed by atoms with Crippen molar-refractivity contribution in [2.24, 2.45) is 5.92 Å². The van der Waals surface area contributed by atoms with Crippen LogP contribution in [0.3, 0.4) is 0 Å². The molecule has 0 spiro atoms. The van der Waals surface area contributed by atoms with Gasteiger partial charge in [-0.3, -0.25) is 4.79 Å². The first-order chi connectivity index (χ1) is 11.1. The SMILES string of the molecule is Cc1ccc2nc(N3CC(C(=O)N4CCC(O)CC4)C3)sc2c1. The molecule has 0 unspecified atom stereocenters. The van der Waals surface area contributed by atoms with E-state index >= 15 is 0 Å². The number of rotatable bonds is 2. The van der Waals surface area contributed by atoms with Crippen molar-refractivity contribution in [1.29, 1.82) is 0 Å². The van der Waals surface area contributed by atoms with Crippen LogP contribution < -0.4 is 4.90 Å². The third-order valence-electron chi connectivity index (χ3n) is 4.81. The maximum Gasteiger partial charge on any atom is 0.229 e. The summed E-state index contributed by atoms with van der Waals surface area (Å²) in [5.41, 5.74) is 2.28. The molecule has 1 N–H and O–H groups in total. The Labute approximate surface area is 139 Å². The van der Waals surface area contributed by atoms with E-state index in [1.165, 1.54) is 10.3 Å². The molecule has 0 bridgehead atoms. The molecule has 0 saturated carbocycles. The number of aliphatic hydroxyl groups is 1. The van der Waals surface area contributed by atoms with Crippen LogP contribution in [0.5, 0.6) is 0 Å². The number of hydrogen-bond acceptors (Lipinski definition) is 5. The van der Waals surface area contributed by atoms with Crippen LogP contribution in [0, 0.1) is 12.8 Å². The van der Waals surface area contributed by atoms with Crippen molar-refractivity contribution in [2.45, 2.75) is 25.9 Å². The molecule has 1 amide bonds. The molecule has 2 aromatic rings. The van der Waals surface area contributed by atoms with Crippen LogP contribution in [0.25, 0.3) is 10.2 Å². The highest BCUT2D eigenvalue weighted by Gasteiger charge is 2.37. The number of fused-ring (bicyclic) bond motifs is 1. The van der Waals surface area contributed by atoms with Gasteiger partial charge in [0.1, 0.15) is 0 Å². The van der Waals surface area contributed by atoms with Gasteiger partial charge in [-0.15, -0.1) is 0 Å². The number of aliphatic hydroxyl groups excluding tert-OH is 1. The maximum absolute atomic E-state index is 12.5. The lowest BCUT2D eigenvalue weighted by atomic mass is 9.97. The van der Waals surface area contributed by atoms with Gasteiger partial charge in [0.05, 0.1) is 22.2 Å². The Morgan fingerprint density at radius 3 is 2.78 bits per heavy atom. The normalized spacial score (nSPS) is 20.1. The highest BCUT2D eigenvalue weighted by molar-refractivity contribution is 7.22. The zero-order valence-corrected chi connectivity index (χ0v) is 14.1. The number of amides is 1. The first-order valence-electron chi connectivity index (χ1n) is 8.19. The molecule has 2 fully saturated rings. The van der Waals surface area contributed by atoms with Crippen molar-refractivity contribution in [3.8, 4) is 0 Å². The highest BCUT2D eigenvalue weighted by Crippen LogP contribution is 2.34. The largest absolute Gasteiger partial charge is 0.393 e. The van der Waals surface area contributed by atoms with Crippen LogP contribution in [-0.4, -0.2) is 53.2 Å². The minimum absolute atomic E-state index is 0.0824. The molecule has 2 aliphatic rings. The molecule has 5 nitrogen and oxygen atoms in total. The number of thiazole rings is 1. The quantitative estimate of drug-likeness (QED) is 0.915. The number of carbonyl (C=O) groups excluding carboxylic acids is 1. The zero-order chi connectivity index (χ0) is 16.0. The number of aromatic nitrogens is 1. The van der Waals surface area contributed by atoms with Crippen LogP contribution in [0.15, 0.2) is 18.2 Å². The van der Waals surface area contributed by atoms with E-state index in [-0.39, 0.29) is 17.9 Å². The summed E-state index contributed by atoms with van der Waals surface area (Å²) in [4.78, 5) is 21.3. The summed E-state index contributed by atoms with van der Waals surface area (Å²) < 4.78 is 1.21. The summed E-state index contributed by atoms with van der Waals surface area (Å²) >= 11 is 1.70. The zero-order valence-electron chi connectivity index (χ0n) is 13.2. The summed E-state index contributed by atoms with van der Waals surface area (Å²) in [6.07, 6.45) is 1.18. The van der Waals surface area contributed by atoms with Gasteiger partial charge < -0.3 is 14.9 Å². The molecule has 0 aliphatic carbocycles. The average molecular weight is 331 g/mol. The molecule has 122 valence electrons. The van der Waals surface area contributed by atoms with Gasteiger partial charge >= 0.3 is 0 Å². The van der Waals surface area contributed by atoms with Gasteiger partial charge in [-0.1, -0.05) is 17.4 Å². The second-order valence-corrected chi connectivity index (χ2v) is 7.64. The summed E-state index contributed by atoms with van der Waals surface area (Å²) in [7, 11) is 0. The number of hydrogen-bond donors (Lipinski definition) is 1. The summed E-state index contributed by atoms with van der Waals surface area (Å²) in [6, 6.07) is 6.31. The Morgan fingerprint density at radius 1 is 1.30 bits per heavy atom. The molecule has 6 heteroatoms. The minimum Gasteiger partial charge on any atom is -0.393 e. The van der Waals surface area contributed by atoms with Gasteiger partial charge in [-0.2, -0.15) is 0 Å². The van der Waals surface area contributed by atoms with E-state index < -0.39 is 0 Å². The molecule has 23 heavy (non-hydrogen) atoms. The van der Waals surface area contributed by atoms with Gasteiger partial charge in [-0.25, -0.2) is 4.98 Å². The van der Waals surface area contributed by atoms with Crippen LogP contribution in [0.1, 0.15) is 18.4 Å². The first-order valence-corrected chi connectivity index (χ1v) is 9.01. The third kappa shape index (κ3) is 2.81. The monoisotopic (exact) mass is 331 g/mol. The molecule has 0 atom stereocenters. The molecule has 3 heterocycles. The third-order valence-corrected chi connectivity index (χ3v) is 5.89. The van der Waals surface area contributed by atoms with Crippen molar-refractivity contribution >= 4 is 32.6 Å². The molecule has 4 rings (SSSR count). The Kier molecular flexibility index (Phi) is 3.73. The van der Waals surface area contributed by atoms with E-state index in [1.807, 2.05) is 4.90 Å². The van der Waals surface area contributed by atoms with Gasteiger partial charge in [0.15, 0.2) is 5.13 Å². The van der Waals surface area contributed by atoms with E-state index in [4.69, 9.17) is 0 Å². The lowest BCUT2D eigenvalue weighted by molar-refractivity contribution is -0.138. The maximum atomic E-state index is 12.5. The predicted octanol–water partition coefficient (Wildman–Crippen LogP) is 2.02. The van der Waals surface area contributed by atoms with Crippen molar-refractivity contribution in [3.05, 3.63) is 23.8 Å². The Balaban J connectivity index is 1.39. The van der Waals surface area contributed by atoms with E-state index in [2.05, 4.69) is 35.0 Å². The number of carbonyl (C=O) groups is 1. The minimum atomic E-state index is -0.233. The smallest absolute Gasteiger partial charge is 0.229 e. The van der Waals surface area contributed by atoms with Crippen molar-refractivity contribution in [1.82, 2.24) is 9.88 Å². The number of piperidine rings is 1. The van der Waals surface area contributed by atoms with Crippen LogP contribution in [-0.2, 0) is 4.79 Å². The number of likely N-dealkylation sites (tertiary alicyclic amines) is 1. The van der Waals surface area contributed by atoms with Crippen molar-refractivity contribution in [3.63, 3.8) is 0 Å². The highest BCUT2D eigenvalue weighted by atomic mass is 32.1. The summed E-state index contributed by atoms with van der Waals surface area (Å²) in [6.45, 7) is 4.99. The molecule has 2 aliphatic heterocycles. The van der Waals surface area contributed by atoms with Gasteiger partial charge in [0.25, 0.3) is 0 Å². The Morgan fingerprint density at radius 2 is 2.04 bits per heavy atom. The second kappa shape index (κ2) is 5.76. The lowest BCUT2D eigenvalue weighted by Gasteiger charge is -2.41. The van der Waals surface area contributed by atoms with Crippen LogP contribution in [0.2, 0.25) is 0 Å². The van der Waals surface area contributed by atoms with Crippen LogP contribution >= 0.6 is 11.3 Å². The van der Waals surface area contributed by atoms with E-state index in [1.54, 1.807) is 11.3 Å². The van der Waals surface area contributed by atoms with Crippen LogP contribution in [0.4, 0.5) is 5.13 Å². The lowest BCUT2D eigenvalue weighted by Crippen LogP contribution is -2.56. The predicted molar refractivity (Wildman–Crippen MR) is 91.9 cm³/mol. The molecule has 1 aromatic carbocycles. The Bertz CT molecular complexity index is 731.